The van der Waals surface area contributed by atoms with Crippen molar-refractivity contribution in [2.45, 2.75) is 13.5 Å². The van der Waals surface area contributed by atoms with E-state index in [1.807, 2.05) is 30.7 Å². The second-order valence-corrected chi connectivity index (χ2v) is 3.94. The fraction of sp³-hybridized carbons (Fsp3) is 0.273. The van der Waals surface area contributed by atoms with Crippen LogP contribution in [0.5, 0.6) is 0 Å². The van der Waals surface area contributed by atoms with Gasteiger partial charge in [0.05, 0.1) is 18.4 Å². The van der Waals surface area contributed by atoms with E-state index in [1.165, 1.54) is 0 Å². The summed E-state index contributed by atoms with van der Waals surface area (Å²) in [4.78, 5) is 8.27. The lowest BCUT2D eigenvalue weighted by atomic mass is 10.3. The molecule has 0 saturated heterocycles. The average Bonchev–Trinajstić information content (AvgIpc) is 2.59. The summed E-state index contributed by atoms with van der Waals surface area (Å²) >= 11 is 5.85. The van der Waals surface area contributed by atoms with Crippen molar-refractivity contribution in [1.82, 2.24) is 14.5 Å². The lowest BCUT2D eigenvalue weighted by Gasteiger charge is -2.08. The zero-order valence-electron chi connectivity index (χ0n) is 9.24. The van der Waals surface area contributed by atoms with Crippen LogP contribution in [0.25, 0.3) is 0 Å². The van der Waals surface area contributed by atoms with E-state index in [0.717, 1.165) is 17.1 Å². The molecule has 5 heteroatoms. The largest absolute Gasteiger partial charge is 0.364 e. The Kier molecular flexibility index (Phi) is 3.10. The third kappa shape index (κ3) is 2.17. The third-order valence-corrected chi connectivity index (χ3v) is 2.83. The van der Waals surface area contributed by atoms with Crippen molar-refractivity contribution < 1.29 is 0 Å². The molecule has 0 spiro atoms. The van der Waals surface area contributed by atoms with Gasteiger partial charge >= 0.3 is 0 Å². The monoisotopic (exact) mass is 236 g/mol. The van der Waals surface area contributed by atoms with E-state index in [-0.39, 0.29) is 0 Å². The second-order valence-electron chi connectivity index (χ2n) is 3.60. The number of rotatable bonds is 3. The fourth-order valence-corrected chi connectivity index (χ4v) is 1.59. The molecule has 0 bridgehead atoms. The highest BCUT2D eigenvalue weighted by Gasteiger charge is 2.04. The molecule has 2 aromatic heterocycles. The summed E-state index contributed by atoms with van der Waals surface area (Å²) in [6.07, 6.45) is 3.53. The molecule has 0 aromatic carbocycles. The molecule has 0 amide bonds. The standard InChI is InChI=1S/C11H13ClN4/c1-8-4-3-5-13-10(8)14-6-9-7-15-11(12)16(9)2/h3-5,7H,6H2,1-2H3,(H,13,14). The molecule has 0 aliphatic rings. The van der Waals surface area contributed by atoms with E-state index < -0.39 is 0 Å². The van der Waals surface area contributed by atoms with Gasteiger partial charge in [-0.05, 0) is 30.2 Å². The first-order valence-electron chi connectivity index (χ1n) is 5.00. The highest BCUT2D eigenvalue weighted by molar-refractivity contribution is 6.28. The minimum atomic E-state index is 0.495. The van der Waals surface area contributed by atoms with E-state index in [0.29, 0.717) is 11.8 Å². The molecule has 0 aliphatic carbocycles. The number of nitrogens with zero attached hydrogens (tertiary/aromatic N) is 3. The summed E-state index contributed by atoms with van der Waals surface area (Å²) in [5.41, 5.74) is 2.14. The van der Waals surface area contributed by atoms with Gasteiger partial charge < -0.3 is 9.88 Å². The van der Waals surface area contributed by atoms with Crippen LogP contribution in [0.1, 0.15) is 11.3 Å². The van der Waals surface area contributed by atoms with Crippen LogP contribution in [0.15, 0.2) is 24.5 Å². The van der Waals surface area contributed by atoms with Crippen LogP contribution in [0.4, 0.5) is 5.82 Å². The summed E-state index contributed by atoms with van der Waals surface area (Å²) in [6.45, 7) is 2.68. The van der Waals surface area contributed by atoms with Crippen LogP contribution >= 0.6 is 11.6 Å². The molecule has 0 aliphatic heterocycles. The molecule has 2 heterocycles. The van der Waals surface area contributed by atoms with E-state index in [2.05, 4.69) is 15.3 Å². The fourth-order valence-electron chi connectivity index (χ4n) is 1.43. The predicted molar refractivity (Wildman–Crippen MR) is 64.5 cm³/mol. The topological polar surface area (TPSA) is 42.7 Å². The van der Waals surface area contributed by atoms with Crippen molar-refractivity contribution in [1.29, 1.82) is 0 Å². The summed E-state index contributed by atoms with van der Waals surface area (Å²) in [6, 6.07) is 3.94. The molecular weight excluding hydrogens is 224 g/mol. The van der Waals surface area contributed by atoms with Gasteiger partial charge in [-0.25, -0.2) is 9.97 Å². The number of anilines is 1. The lowest BCUT2D eigenvalue weighted by Crippen LogP contribution is -2.06. The van der Waals surface area contributed by atoms with Crippen molar-refractivity contribution in [2.24, 2.45) is 7.05 Å². The smallest absolute Gasteiger partial charge is 0.202 e. The Morgan fingerprint density at radius 3 is 2.88 bits per heavy atom. The van der Waals surface area contributed by atoms with Gasteiger partial charge in [-0.1, -0.05) is 6.07 Å². The van der Waals surface area contributed by atoms with Crippen LogP contribution in [-0.2, 0) is 13.6 Å². The number of aromatic nitrogens is 3. The van der Waals surface area contributed by atoms with E-state index in [1.54, 1.807) is 12.4 Å². The van der Waals surface area contributed by atoms with Gasteiger partial charge in [0.25, 0.3) is 0 Å². The minimum Gasteiger partial charge on any atom is -0.364 e. The Morgan fingerprint density at radius 2 is 2.25 bits per heavy atom. The highest BCUT2D eigenvalue weighted by atomic mass is 35.5. The van der Waals surface area contributed by atoms with Crippen LogP contribution in [0.3, 0.4) is 0 Å². The highest BCUT2D eigenvalue weighted by Crippen LogP contribution is 2.13. The van der Waals surface area contributed by atoms with E-state index >= 15 is 0 Å². The SMILES string of the molecule is Cc1cccnc1NCc1cnc(Cl)n1C. The van der Waals surface area contributed by atoms with Crippen LogP contribution in [0.2, 0.25) is 5.28 Å². The van der Waals surface area contributed by atoms with Gasteiger partial charge in [-0.2, -0.15) is 0 Å². The first-order chi connectivity index (χ1) is 7.68. The Labute approximate surface area is 99.3 Å². The maximum Gasteiger partial charge on any atom is 0.202 e. The Bertz CT molecular complexity index is 492. The third-order valence-electron chi connectivity index (χ3n) is 2.47. The molecule has 4 nitrogen and oxygen atoms in total. The molecule has 2 aromatic rings. The molecule has 0 saturated carbocycles. The van der Waals surface area contributed by atoms with Crippen molar-refractivity contribution in [3.63, 3.8) is 0 Å². The van der Waals surface area contributed by atoms with Gasteiger partial charge in [-0.15, -0.1) is 0 Å². The summed E-state index contributed by atoms with van der Waals surface area (Å²) < 4.78 is 1.84. The molecule has 2 rings (SSSR count). The minimum absolute atomic E-state index is 0.495. The number of nitrogens with one attached hydrogen (secondary N) is 1. The van der Waals surface area contributed by atoms with Gasteiger partial charge in [-0.3, -0.25) is 0 Å². The molecule has 1 N–H and O–H groups in total. The maximum absolute atomic E-state index is 5.85. The van der Waals surface area contributed by atoms with Gasteiger partial charge in [0, 0.05) is 13.2 Å². The van der Waals surface area contributed by atoms with Crippen molar-refractivity contribution >= 4 is 17.4 Å². The zero-order chi connectivity index (χ0) is 11.5. The number of aryl methyl sites for hydroxylation is 1. The number of hydrogen-bond donors (Lipinski definition) is 1. The molecule has 0 atom stereocenters. The Hall–Kier alpha value is -1.55. The lowest BCUT2D eigenvalue weighted by molar-refractivity contribution is 0.836. The van der Waals surface area contributed by atoms with Gasteiger partial charge in [0.15, 0.2) is 0 Å². The molecule has 0 fully saturated rings. The number of halogens is 1. The van der Waals surface area contributed by atoms with E-state index in [9.17, 15) is 0 Å². The van der Waals surface area contributed by atoms with Crippen molar-refractivity contribution in [3.8, 4) is 0 Å². The first-order valence-corrected chi connectivity index (χ1v) is 5.38. The van der Waals surface area contributed by atoms with Crippen molar-refractivity contribution in [3.05, 3.63) is 41.1 Å². The van der Waals surface area contributed by atoms with Crippen LogP contribution in [0, 0.1) is 6.92 Å². The molecule has 84 valence electrons. The van der Waals surface area contributed by atoms with Crippen LogP contribution < -0.4 is 5.32 Å². The number of hydrogen-bond acceptors (Lipinski definition) is 3. The maximum atomic E-state index is 5.85. The molecule has 16 heavy (non-hydrogen) atoms. The molecule has 0 radical (unpaired) electrons. The Morgan fingerprint density at radius 1 is 1.44 bits per heavy atom. The normalized spacial score (nSPS) is 10.4. The summed E-state index contributed by atoms with van der Waals surface area (Å²) in [5, 5.41) is 3.75. The number of imidazole rings is 1. The molecular formula is C11H13ClN4. The summed E-state index contributed by atoms with van der Waals surface area (Å²) in [7, 11) is 1.89. The summed E-state index contributed by atoms with van der Waals surface area (Å²) in [5.74, 6) is 0.889. The van der Waals surface area contributed by atoms with Gasteiger partial charge in [0.1, 0.15) is 5.82 Å². The van der Waals surface area contributed by atoms with Gasteiger partial charge in [0.2, 0.25) is 5.28 Å². The average molecular weight is 237 g/mol. The Balaban J connectivity index is 2.08. The van der Waals surface area contributed by atoms with Crippen molar-refractivity contribution in [2.75, 3.05) is 5.32 Å². The zero-order valence-corrected chi connectivity index (χ0v) is 9.99. The second kappa shape index (κ2) is 4.53. The van der Waals surface area contributed by atoms with E-state index in [4.69, 9.17) is 11.6 Å². The molecule has 0 unspecified atom stereocenters. The number of pyridine rings is 1. The van der Waals surface area contributed by atoms with Crippen LogP contribution in [-0.4, -0.2) is 14.5 Å². The quantitative estimate of drug-likeness (QED) is 0.890. The predicted octanol–water partition coefficient (Wildman–Crippen LogP) is 2.39. The first kappa shape index (κ1) is 11.0.